The molecule has 1 amide bonds. The Bertz CT molecular complexity index is 172. The van der Waals surface area contributed by atoms with Gasteiger partial charge in [-0.15, -0.1) is 0 Å². The highest BCUT2D eigenvalue weighted by Gasteiger charge is 2.16. The first-order chi connectivity index (χ1) is 7.11. The molecule has 0 aromatic carbocycles. The first-order valence-corrected chi connectivity index (χ1v) is 5.67. The van der Waals surface area contributed by atoms with Crippen LogP contribution in [-0.4, -0.2) is 37.3 Å². The topological polar surface area (TPSA) is 61.4 Å². The van der Waals surface area contributed by atoms with Crippen LogP contribution >= 0.6 is 0 Å². The van der Waals surface area contributed by atoms with Gasteiger partial charge in [0.1, 0.15) is 0 Å². The van der Waals surface area contributed by atoms with Crippen molar-refractivity contribution in [2.75, 3.05) is 20.2 Å². The van der Waals surface area contributed by atoms with E-state index in [-0.39, 0.29) is 18.6 Å². The second-order valence-corrected chi connectivity index (χ2v) is 4.19. The van der Waals surface area contributed by atoms with E-state index in [1.165, 1.54) is 0 Å². The van der Waals surface area contributed by atoms with E-state index in [0.29, 0.717) is 12.5 Å². The largest absolute Gasteiger partial charge is 0.396 e. The molecule has 0 aliphatic carbocycles. The third-order valence-corrected chi connectivity index (χ3v) is 2.26. The fraction of sp³-hybridized carbons (Fsp3) is 0.909. The van der Waals surface area contributed by atoms with Gasteiger partial charge in [-0.3, -0.25) is 4.79 Å². The highest BCUT2D eigenvalue weighted by molar-refractivity contribution is 5.81. The van der Waals surface area contributed by atoms with Gasteiger partial charge in [-0.25, -0.2) is 0 Å². The average molecular weight is 216 g/mol. The lowest BCUT2D eigenvalue weighted by atomic mass is 10.0. The van der Waals surface area contributed by atoms with Gasteiger partial charge in [0, 0.05) is 13.2 Å². The maximum absolute atomic E-state index is 11.6. The fourth-order valence-electron chi connectivity index (χ4n) is 1.40. The summed E-state index contributed by atoms with van der Waals surface area (Å²) in [5.41, 5.74) is 0. The Morgan fingerprint density at radius 1 is 1.33 bits per heavy atom. The van der Waals surface area contributed by atoms with Crippen molar-refractivity contribution in [2.24, 2.45) is 5.92 Å². The number of aliphatic hydroxyl groups is 1. The van der Waals surface area contributed by atoms with E-state index < -0.39 is 0 Å². The molecule has 0 aliphatic rings. The maximum atomic E-state index is 11.6. The SMILES string of the molecule is CNC(CC(C)C)C(=O)NCCCCO. The van der Waals surface area contributed by atoms with Gasteiger partial charge in [0.15, 0.2) is 0 Å². The molecule has 4 nitrogen and oxygen atoms in total. The second kappa shape index (κ2) is 8.68. The molecule has 0 aliphatic heterocycles. The fourth-order valence-corrected chi connectivity index (χ4v) is 1.40. The lowest BCUT2D eigenvalue weighted by Gasteiger charge is -2.17. The molecule has 0 rings (SSSR count). The minimum atomic E-state index is -0.0980. The number of carbonyl (C=O) groups is 1. The van der Waals surface area contributed by atoms with Crippen LogP contribution in [0.15, 0.2) is 0 Å². The van der Waals surface area contributed by atoms with Crippen molar-refractivity contribution >= 4 is 5.91 Å². The van der Waals surface area contributed by atoms with Gasteiger partial charge >= 0.3 is 0 Å². The van der Waals surface area contributed by atoms with Gasteiger partial charge in [-0.1, -0.05) is 13.8 Å². The van der Waals surface area contributed by atoms with Crippen molar-refractivity contribution in [3.05, 3.63) is 0 Å². The predicted octanol–water partition coefficient (Wildman–Crippen LogP) is 0.509. The molecular weight excluding hydrogens is 192 g/mol. The van der Waals surface area contributed by atoms with Crippen molar-refractivity contribution in [1.82, 2.24) is 10.6 Å². The Kier molecular flexibility index (Phi) is 8.33. The molecule has 15 heavy (non-hydrogen) atoms. The molecule has 3 N–H and O–H groups in total. The highest BCUT2D eigenvalue weighted by Crippen LogP contribution is 2.04. The van der Waals surface area contributed by atoms with Crippen LogP contribution < -0.4 is 10.6 Å². The summed E-state index contributed by atoms with van der Waals surface area (Å²) < 4.78 is 0. The smallest absolute Gasteiger partial charge is 0.237 e. The predicted molar refractivity (Wildman–Crippen MR) is 61.6 cm³/mol. The van der Waals surface area contributed by atoms with E-state index in [1.807, 2.05) is 0 Å². The minimum absolute atomic E-state index is 0.0594. The molecule has 0 heterocycles. The van der Waals surface area contributed by atoms with Crippen LogP contribution in [0.4, 0.5) is 0 Å². The molecule has 0 fully saturated rings. The quantitative estimate of drug-likeness (QED) is 0.518. The summed E-state index contributed by atoms with van der Waals surface area (Å²) in [6, 6.07) is -0.0980. The van der Waals surface area contributed by atoms with Crippen LogP contribution in [0.25, 0.3) is 0 Å². The molecule has 1 atom stereocenters. The Morgan fingerprint density at radius 2 is 2.00 bits per heavy atom. The van der Waals surface area contributed by atoms with E-state index in [0.717, 1.165) is 19.3 Å². The number of carbonyl (C=O) groups excluding carboxylic acids is 1. The first-order valence-electron chi connectivity index (χ1n) is 5.67. The molecule has 1 unspecified atom stereocenters. The number of nitrogens with one attached hydrogen (secondary N) is 2. The van der Waals surface area contributed by atoms with E-state index >= 15 is 0 Å². The Morgan fingerprint density at radius 3 is 2.47 bits per heavy atom. The van der Waals surface area contributed by atoms with Crippen LogP contribution in [0.5, 0.6) is 0 Å². The van der Waals surface area contributed by atoms with Crippen molar-refractivity contribution < 1.29 is 9.90 Å². The molecule has 0 bridgehead atoms. The maximum Gasteiger partial charge on any atom is 0.237 e. The van der Waals surface area contributed by atoms with Gasteiger partial charge in [-0.2, -0.15) is 0 Å². The van der Waals surface area contributed by atoms with Crippen LogP contribution in [0, 0.1) is 5.92 Å². The monoisotopic (exact) mass is 216 g/mol. The van der Waals surface area contributed by atoms with Gasteiger partial charge < -0.3 is 15.7 Å². The Balaban J connectivity index is 3.73. The second-order valence-electron chi connectivity index (χ2n) is 4.19. The Labute approximate surface area is 92.4 Å². The molecular formula is C11H24N2O2. The zero-order chi connectivity index (χ0) is 11.7. The molecule has 0 saturated carbocycles. The van der Waals surface area contributed by atoms with Crippen molar-refractivity contribution in [3.8, 4) is 0 Å². The third kappa shape index (κ3) is 7.33. The summed E-state index contributed by atoms with van der Waals surface area (Å²) >= 11 is 0. The molecule has 90 valence electrons. The summed E-state index contributed by atoms with van der Waals surface area (Å²) in [4.78, 5) is 11.6. The zero-order valence-electron chi connectivity index (χ0n) is 10.0. The number of unbranched alkanes of at least 4 members (excludes halogenated alkanes) is 1. The first kappa shape index (κ1) is 14.4. The minimum Gasteiger partial charge on any atom is -0.396 e. The lowest BCUT2D eigenvalue weighted by molar-refractivity contribution is -0.123. The standard InChI is InChI=1S/C11H24N2O2/c1-9(2)8-10(12-3)11(15)13-6-4-5-7-14/h9-10,12,14H,4-8H2,1-3H3,(H,13,15). The number of hydrogen-bond acceptors (Lipinski definition) is 3. The van der Waals surface area contributed by atoms with Crippen molar-refractivity contribution in [3.63, 3.8) is 0 Å². The van der Waals surface area contributed by atoms with Crippen molar-refractivity contribution in [1.29, 1.82) is 0 Å². The van der Waals surface area contributed by atoms with Gasteiger partial charge in [-0.05, 0) is 32.2 Å². The molecule has 0 aromatic rings. The van der Waals surface area contributed by atoms with Gasteiger partial charge in [0.2, 0.25) is 5.91 Å². The van der Waals surface area contributed by atoms with E-state index in [2.05, 4.69) is 24.5 Å². The van der Waals surface area contributed by atoms with Crippen LogP contribution in [0.1, 0.15) is 33.1 Å². The highest BCUT2D eigenvalue weighted by atomic mass is 16.2. The van der Waals surface area contributed by atoms with Gasteiger partial charge in [0.05, 0.1) is 6.04 Å². The number of rotatable bonds is 8. The third-order valence-electron chi connectivity index (χ3n) is 2.26. The summed E-state index contributed by atoms with van der Waals surface area (Å²) in [6.45, 7) is 5.04. The number of hydrogen-bond donors (Lipinski definition) is 3. The zero-order valence-corrected chi connectivity index (χ0v) is 10.0. The van der Waals surface area contributed by atoms with E-state index in [9.17, 15) is 4.79 Å². The summed E-state index contributed by atoms with van der Waals surface area (Å²) in [5, 5.41) is 14.5. The summed E-state index contributed by atoms with van der Waals surface area (Å²) in [5.74, 6) is 0.565. The normalized spacial score (nSPS) is 12.9. The molecule has 4 heteroatoms. The Hall–Kier alpha value is -0.610. The molecule has 0 saturated heterocycles. The van der Waals surface area contributed by atoms with E-state index in [4.69, 9.17) is 5.11 Å². The van der Waals surface area contributed by atoms with Crippen molar-refractivity contribution in [2.45, 2.75) is 39.2 Å². The molecule has 0 radical (unpaired) electrons. The van der Waals surface area contributed by atoms with Crippen LogP contribution in [0.3, 0.4) is 0 Å². The average Bonchev–Trinajstić information content (AvgIpc) is 2.20. The summed E-state index contributed by atoms with van der Waals surface area (Å²) in [6.07, 6.45) is 2.43. The van der Waals surface area contributed by atoms with E-state index in [1.54, 1.807) is 7.05 Å². The number of aliphatic hydroxyl groups excluding tert-OH is 1. The summed E-state index contributed by atoms with van der Waals surface area (Å²) in [7, 11) is 1.81. The number of likely N-dealkylation sites (N-methyl/N-ethyl adjacent to an activating group) is 1. The van der Waals surface area contributed by atoms with Gasteiger partial charge in [0.25, 0.3) is 0 Å². The molecule has 0 aromatic heterocycles. The molecule has 0 spiro atoms. The van der Waals surface area contributed by atoms with Crippen LogP contribution in [0.2, 0.25) is 0 Å². The lowest BCUT2D eigenvalue weighted by Crippen LogP contribution is -2.43. The number of amides is 1. The van der Waals surface area contributed by atoms with Crippen LogP contribution in [-0.2, 0) is 4.79 Å².